The SMILES string of the molecule is COc1ccc(CCC(=O)NCCc2csc3nc(-c4ccc(F)cc4)nn23)cc1. The van der Waals surface area contributed by atoms with Crippen LogP contribution in [0.25, 0.3) is 16.3 Å². The summed E-state index contributed by atoms with van der Waals surface area (Å²) >= 11 is 1.49. The summed E-state index contributed by atoms with van der Waals surface area (Å²) in [6.07, 6.45) is 1.77. The molecule has 1 amide bonds. The number of hydrogen-bond donors (Lipinski definition) is 1. The van der Waals surface area contributed by atoms with Gasteiger partial charge in [-0.3, -0.25) is 4.79 Å². The van der Waals surface area contributed by atoms with Gasteiger partial charge in [0.2, 0.25) is 10.9 Å². The summed E-state index contributed by atoms with van der Waals surface area (Å²) in [6.45, 7) is 0.527. The molecule has 1 N–H and O–H groups in total. The number of amides is 1. The predicted molar refractivity (Wildman–Crippen MR) is 114 cm³/mol. The highest BCUT2D eigenvalue weighted by atomic mass is 32.1. The number of aromatic nitrogens is 3. The Morgan fingerprint density at radius 1 is 1.13 bits per heavy atom. The molecule has 0 aliphatic rings. The first-order valence-corrected chi connectivity index (χ1v) is 10.5. The van der Waals surface area contributed by atoms with E-state index >= 15 is 0 Å². The van der Waals surface area contributed by atoms with Crippen LogP contribution in [0, 0.1) is 5.82 Å². The van der Waals surface area contributed by atoms with Crippen LogP contribution in [0.3, 0.4) is 0 Å². The topological polar surface area (TPSA) is 68.5 Å². The normalized spacial score (nSPS) is 11.0. The van der Waals surface area contributed by atoms with E-state index in [2.05, 4.69) is 15.4 Å². The van der Waals surface area contributed by atoms with Crippen LogP contribution in [0.15, 0.2) is 53.9 Å². The number of benzene rings is 2. The van der Waals surface area contributed by atoms with Crippen LogP contribution in [0.2, 0.25) is 0 Å². The van der Waals surface area contributed by atoms with Crippen LogP contribution >= 0.6 is 11.3 Å². The Bertz CT molecular complexity index is 1140. The maximum atomic E-state index is 13.1. The highest BCUT2D eigenvalue weighted by molar-refractivity contribution is 7.15. The average molecular weight is 425 g/mol. The molecule has 2 aromatic heterocycles. The molecular weight excluding hydrogens is 403 g/mol. The van der Waals surface area contributed by atoms with Gasteiger partial charge in [-0.25, -0.2) is 8.91 Å². The van der Waals surface area contributed by atoms with E-state index in [1.807, 2.05) is 29.6 Å². The van der Waals surface area contributed by atoms with Crippen molar-refractivity contribution >= 4 is 22.2 Å². The van der Waals surface area contributed by atoms with Gasteiger partial charge >= 0.3 is 0 Å². The number of thiazole rings is 1. The van der Waals surface area contributed by atoms with Crippen molar-refractivity contribution in [2.75, 3.05) is 13.7 Å². The summed E-state index contributed by atoms with van der Waals surface area (Å²) in [7, 11) is 1.63. The Morgan fingerprint density at radius 2 is 1.90 bits per heavy atom. The fraction of sp³-hybridized carbons (Fsp3) is 0.227. The van der Waals surface area contributed by atoms with E-state index in [9.17, 15) is 9.18 Å². The molecule has 0 saturated carbocycles. The lowest BCUT2D eigenvalue weighted by atomic mass is 10.1. The third kappa shape index (κ3) is 4.65. The zero-order valence-electron chi connectivity index (χ0n) is 16.5. The third-order valence-electron chi connectivity index (χ3n) is 4.76. The molecule has 0 fully saturated rings. The highest BCUT2D eigenvalue weighted by Gasteiger charge is 2.12. The Hall–Kier alpha value is -3.26. The van der Waals surface area contributed by atoms with E-state index in [-0.39, 0.29) is 11.7 Å². The Labute approximate surface area is 177 Å². The molecule has 30 heavy (non-hydrogen) atoms. The second kappa shape index (κ2) is 9.04. The molecule has 0 radical (unpaired) electrons. The van der Waals surface area contributed by atoms with E-state index < -0.39 is 0 Å². The summed E-state index contributed by atoms with van der Waals surface area (Å²) in [6, 6.07) is 13.9. The van der Waals surface area contributed by atoms with Crippen molar-refractivity contribution in [3.63, 3.8) is 0 Å². The molecule has 0 bridgehead atoms. The van der Waals surface area contributed by atoms with E-state index in [4.69, 9.17) is 4.74 Å². The van der Waals surface area contributed by atoms with E-state index in [1.165, 1.54) is 23.5 Å². The van der Waals surface area contributed by atoms with Gasteiger partial charge in [0.05, 0.1) is 12.8 Å². The van der Waals surface area contributed by atoms with Crippen molar-refractivity contribution in [3.05, 3.63) is 71.0 Å². The van der Waals surface area contributed by atoms with Crippen LogP contribution in [0.4, 0.5) is 4.39 Å². The van der Waals surface area contributed by atoms with Crippen LogP contribution in [0.5, 0.6) is 5.75 Å². The number of nitrogens with one attached hydrogen (secondary N) is 1. The van der Waals surface area contributed by atoms with Gasteiger partial charge in [0.1, 0.15) is 11.6 Å². The number of halogens is 1. The molecule has 0 unspecified atom stereocenters. The Morgan fingerprint density at radius 3 is 2.63 bits per heavy atom. The number of hydrogen-bond acceptors (Lipinski definition) is 5. The molecule has 0 saturated heterocycles. The van der Waals surface area contributed by atoms with Gasteiger partial charge < -0.3 is 10.1 Å². The lowest BCUT2D eigenvalue weighted by Crippen LogP contribution is -2.26. The Balaban J connectivity index is 1.30. The van der Waals surface area contributed by atoms with Crippen LogP contribution in [-0.2, 0) is 17.6 Å². The fourth-order valence-electron chi connectivity index (χ4n) is 3.09. The van der Waals surface area contributed by atoms with Crippen molar-refractivity contribution in [1.29, 1.82) is 0 Å². The molecule has 4 rings (SSSR count). The molecule has 0 aliphatic carbocycles. The molecule has 2 heterocycles. The van der Waals surface area contributed by atoms with Crippen molar-refractivity contribution in [2.24, 2.45) is 0 Å². The molecule has 0 aliphatic heterocycles. The summed E-state index contributed by atoms with van der Waals surface area (Å²) < 4.78 is 20.0. The highest BCUT2D eigenvalue weighted by Crippen LogP contribution is 2.21. The maximum absolute atomic E-state index is 13.1. The van der Waals surface area contributed by atoms with Crippen LogP contribution in [-0.4, -0.2) is 34.2 Å². The molecule has 0 atom stereocenters. The molecule has 0 spiro atoms. The summed E-state index contributed by atoms with van der Waals surface area (Å²) in [5.41, 5.74) is 2.85. The van der Waals surface area contributed by atoms with Crippen LogP contribution in [0.1, 0.15) is 17.7 Å². The fourth-order valence-corrected chi connectivity index (χ4v) is 3.94. The zero-order chi connectivity index (χ0) is 20.9. The number of ether oxygens (including phenoxy) is 1. The maximum Gasteiger partial charge on any atom is 0.220 e. The predicted octanol–water partition coefficient (Wildman–Crippen LogP) is 3.90. The number of carbonyl (C=O) groups excluding carboxylic acids is 1. The summed E-state index contributed by atoms with van der Waals surface area (Å²) in [4.78, 5) is 17.4. The monoisotopic (exact) mass is 424 g/mol. The largest absolute Gasteiger partial charge is 0.497 e. The first kappa shape index (κ1) is 20.0. The van der Waals surface area contributed by atoms with Gasteiger partial charge in [-0.05, 0) is 48.4 Å². The lowest BCUT2D eigenvalue weighted by Gasteiger charge is -2.06. The molecule has 154 valence electrons. The van der Waals surface area contributed by atoms with E-state index in [1.54, 1.807) is 23.8 Å². The summed E-state index contributed by atoms with van der Waals surface area (Å²) in [5.74, 6) is 1.10. The number of methoxy groups -OCH3 is 1. The van der Waals surface area contributed by atoms with Gasteiger partial charge in [-0.2, -0.15) is 4.98 Å². The molecular formula is C22H21FN4O2S. The first-order chi connectivity index (χ1) is 14.6. The van der Waals surface area contributed by atoms with Crippen molar-refractivity contribution in [2.45, 2.75) is 19.3 Å². The van der Waals surface area contributed by atoms with Gasteiger partial charge in [0, 0.05) is 30.3 Å². The second-order valence-electron chi connectivity index (χ2n) is 6.81. The second-order valence-corrected chi connectivity index (χ2v) is 7.65. The molecule has 8 heteroatoms. The van der Waals surface area contributed by atoms with E-state index in [0.29, 0.717) is 31.6 Å². The van der Waals surface area contributed by atoms with Gasteiger partial charge in [-0.15, -0.1) is 16.4 Å². The van der Waals surface area contributed by atoms with Gasteiger partial charge in [0.25, 0.3) is 0 Å². The van der Waals surface area contributed by atoms with Crippen molar-refractivity contribution < 1.29 is 13.9 Å². The van der Waals surface area contributed by atoms with Crippen LogP contribution < -0.4 is 10.1 Å². The number of rotatable bonds is 8. The number of nitrogens with zero attached hydrogens (tertiary/aromatic N) is 3. The number of aryl methyl sites for hydroxylation is 1. The first-order valence-electron chi connectivity index (χ1n) is 9.61. The lowest BCUT2D eigenvalue weighted by molar-refractivity contribution is -0.121. The quantitative estimate of drug-likeness (QED) is 0.466. The third-order valence-corrected chi connectivity index (χ3v) is 5.62. The molecule has 2 aromatic carbocycles. The minimum Gasteiger partial charge on any atom is -0.497 e. The Kier molecular flexibility index (Phi) is 6.04. The van der Waals surface area contributed by atoms with Crippen molar-refractivity contribution in [1.82, 2.24) is 19.9 Å². The van der Waals surface area contributed by atoms with Crippen molar-refractivity contribution in [3.8, 4) is 17.1 Å². The molecule has 4 aromatic rings. The molecule has 6 nitrogen and oxygen atoms in total. The van der Waals surface area contributed by atoms with E-state index in [0.717, 1.165) is 27.5 Å². The smallest absolute Gasteiger partial charge is 0.220 e. The average Bonchev–Trinajstić information content (AvgIpc) is 3.35. The number of carbonyl (C=O) groups is 1. The number of fused-ring (bicyclic) bond motifs is 1. The standard InChI is InChI=1S/C22H21FN4O2S/c1-29-19-9-2-15(3-10-19)4-11-20(28)24-13-12-18-14-30-22-25-21(26-27(18)22)16-5-7-17(23)8-6-16/h2-3,5-10,14H,4,11-13H2,1H3,(H,24,28). The minimum absolute atomic E-state index is 0.0166. The minimum atomic E-state index is -0.289. The van der Waals surface area contributed by atoms with Gasteiger partial charge in [0.15, 0.2) is 5.82 Å². The summed E-state index contributed by atoms with van der Waals surface area (Å²) in [5, 5.41) is 9.49. The zero-order valence-corrected chi connectivity index (χ0v) is 17.3. The van der Waals surface area contributed by atoms with Gasteiger partial charge in [-0.1, -0.05) is 12.1 Å².